The third kappa shape index (κ3) is 1.28. The molecule has 0 unspecified atom stereocenters. The van der Waals surface area contributed by atoms with Gasteiger partial charge >= 0.3 is 0 Å². The van der Waals surface area contributed by atoms with Gasteiger partial charge in [-0.3, -0.25) is 0 Å². The van der Waals surface area contributed by atoms with E-state index in [1.807, 2.05) is 0 Å². The van der Waals surface area contributed by atoms with Crippen LogP contribution in [0.4, 0.5) is 0 Å². The lowest BCUT2D eigenvalue weighted by Gasteiger charge is -2.46. The molecule has 0 aliphatic carbocycles. The molecule has 0 amide bonds. The molecule has 0 bridgehead atoms. The molecular formula is C8H15NO2. The summed E-state index contributed by atoms with van der Waals surface area (Å²) >= 11 is 0. The molecule has 1 spiro atoms. The second-order valence-corrected chi connectivity index (χ2v) is 3.58. The van der Waals surface area contributed by atoms with Crippen LogP contribution in [0.15, 0.2) is 0 Å². The molecule has 2 saturated heterocycles. The van der Waals surface area contributed by atoms with Gasteiger partial charge in [-0.05, 0) is 12.8 Å². The predicted octanol–water partition coefficient (Wildman–Crippen LogP) is -0.110. The number of rotatable bonds is 1. The van der Waals surface area contributed by atoms with Crippen molar-refractivity contribution < 1.29 is 9.84 Å². The largest absolute Gasteiger partial charge is 0.395 e. The molecule has 2 rings (SSSR count). The van der Waals surface area contributed by atoms with Gasteiger partial charge in [-0.1, -0.05) is 0 Å². The van der Waals surface area contributed by atoms with Crippen LogP contribution < -0.4 is 5.32 Å². The Kier molecular flexibility index (Phi) is 1.87. The third-order valence-corrected chi connectivity index (χ3v) is 2.85. The van der Waals surface area contributed by atoms with Crippen molar-refractivity contribution in [2.75, 3.05) is 19.8 Å². The minimum absolute atomic E-state index is 0.158. The molecule has 0 radical (unpaired) electrons. The van der Waals surface area contributed by atoms with Crippen LogP contribution >= 0.6 is 0 Å². The highest BCUT2D eigenvalue weighted by atomic mass is 16.5. The SMILES string of the molecule is OC[C@@H]1CC[C@@]2(CCO2)CN1. The zero-order valence-corrected chi connectivity index (χ0v) is 6.68. The lowest BCUT2D eigenvalue weighted by atomic mass is 9.84. The van der Waals surface area contributed by atoms with Gasteiger partial charge < -0.3 is 15.2 Å². The van der Waals surface area contributed by atoms with Crippen molar-refractivity contribution in [1.29, 1.82) is 0 Å². The number of hydrogen-bond donors (Lipinski definition) is 2. The maximum atomic E-state index is 8.85. The Balaban J connectivity index is 1.84. The van der Waals surface area contributed by atoms with Crippen LogP contribution in [0.2, 0.25) is 0 Å². The van der Waals surface area contributed by atoms with E-state index in [1.165, 1.54) is 6.42 Å². The average Bonchev–Trinajstić information content (AvgIpc) is 2.02. The molecule has 0 aromatic carbocycles. The molecule has 2 N–H and O–H groups in total. The molecule has 2 atom stereocenters. The van der Waals surface area contributed by atoms with Crippen LogP contribution in [-0.2, 0) is 4.74 Å². The van der Waals surface area contributed by atoms with Crippen LogP contribution in [0.3, 0.4) is 0 Å². The van der Waals surface area contributed by atoms with Crippen LogP contribution in [-0.4, -0.2) is 36.5 Å². The summed E-state index contributed by atoms with van der Waals surface area (Å²) in [4.78, 5) is 0. The molecule has 64 valence electrons. The van der Waals surface area contributed by atoms with E-state index in [0.29, 0.717) is 6.04 Å². The molecule has 3 nitrogen and oxygen atoms in total. The maximum Gasteiger partial charge on any atom is 0.0828 e. The molecule has 0 aromatic rings. The second-order valence-electron chi connectivity index (χ2n) is 3.58. The van der Waals surface area contributed by atoms with Gasteiger partial charge in [0.05, 0.1) is 18.8 Å². The fraction of sp³-hybridized carbons (Fsp3) is 1.00. The Bertz CT molecular complexity index is 135. The molecule has 0 saturated carbocycles. The van der Waals surface area contributed by atoms with E-state index in [2.05, 4.69) is 5.32 Å². The lowest BCUT2D eigenvalue weighted by molar-refractivity contribution is -0.161. The summed E-state index contributed by atoms with van der Waals surface area (Å²) in [5, 5.41) is 12.1. The van der Waals surface area contributed by atoms with Gasteiger partial charge in [-0.2, -0.15) is 0 Å². The summed E-state index contributed by atoms with van der Waals surface area (Å²) in [5.74, 6) is 0. The minimum Gasteiger partial charge on any atom is -0.395 e. The highest BCUT2D eigenvalue weighted by Gasteiger charge is 2.41. The quantitative estimate of drug-likeness (QED) is 0.558. The van der Waals surface area contributed by atoms with Crippen molar-refractivity contribution in [2.24, 2.45) is 0 Å². The van der Waals surface area contributed by atoms with E-state index >= 15 is 0 Å². The van der Waals surface area contributed by atoms with Crippen molar-refractivity contribution in [3.63, 3.8) is 0 Å². The molecule has 2 aliphatic heterocycles. The van der Waals surface area contributed by atoms with Gasteiger partial charge in [-0.15, -0.1) is 0 Å². The number of aliphatic hydroxyl groups excluding tert-OH is 1. The Morgan fingerprint density at radius 3 is 2.73 bits per heavy atom. The van der Waals surface area contributed by atoms with Gasteiger partial charge in [-0.25, -0.2) is 0 Å². The number of piperidine rings is 1. The first-order valence-corrected chi connectivity index (χ1v) is 4.33. The van der Waals surface area contributed by atoms with Crippen LogP contribution in [0.5, 0.6) is 0 Å². The number of nitrogens with one attached hydrogen (secondary N) is 1. The first kappa shape index (κ1) is 7.53. The monoisotopic (exact) mass is 157 g/mol. The lowest BCUT2D eigenvalue weighted by Crippen LogP contribution is -2.58. The van der Waals surface area contributed by atoms with E-state index in [9.17, 15) is 0 Å². The molecule has 2 heterocycles. The first-order valence-electron chi connectivity index (χ1n) is 4.33. The molecule has 3 heteroatoms. The van der Waals surface area contributed by atoms with Crippen LogP contribution in [0.1, 0.15) is 19.3 Å². The number of aliphatic hydroxyl groups is 1. The van der Waals surface area contributed by atoms with Gasteiger partial charge in [0, 0.05) is 19.0 Å². The van der Waals surface area contributed by atoms with E-state index in [1.54, 1.807) is 0 Å². The highest BCUT2D eigenvalue weighted by molar-refractivity contribution is 4.95. The van der Waals surface area contributed by atoms with Crippen molar-refractivity contribution in [1.82, 2.24) is 5.32 Å². The first-order chi connectivity index (χ1) is 5.35. The van der Waals surface area contributed by atoms with Crippen LogP contribution in [0, 0.1) is 0 Å². The average molecular weight is 157 g/mol. The topological polar surface area (TPSA) is 41.5 Å². The predicted molar refractivity (Wildman–Crippen MR) is 41.4 cm³/mol. The summed E-state index contributed by atoms with van der Waals surface area (Å²) in [6.45, 7) is 2.11. The standard InChI is InChI=1S/C8H15NO2/c10-5-7-1-2-8(6-9-7)3-4-11-8/h7,9-10H,1-6H2/t7-,8+/m0/s1. The van der Waals surface area contributed by atoms with E-state index in [-0.39, 0.29) is 12.2 Å². The zero-order chi connectivity index (χ0) is 7.73. The van der Waals surface area contributed by atoms with E-state index in [0.717, 1.165) is 26.0 Å². The maximum absolute atomic E-state index is 8.85. The summed E-state index contributed by atoms with van der Waals surface area (Å²) < 4.78 is 5.51. The number of ether oxygens (including phenoxy) is 1. The van der Waals surface area contributed by atoms with Crippen molar-refractivity contribution in [3.05, 3.63) is 0 Å². The molecule has 0 aromatic heterocycles. The summed E-state index contributed by atoms with van der Waals surface area (Å²) in [7, 11) is 0. The molecule has 2 aliphatic rings. The second kappa shape index (κ2) is 2.73. The Morgan fingerprint density at radius 1 is 1.55 bits per heavy atom. The van der Waals surface area contributed by atoms with Crippen molar-refractivity contribution in [2.45, 2.75) is 30.9 Å². The van der Waals surface area contributed by atoms with E-state index in [4.69, 9.17) is 9.84 Å². The van der Waals surface area contributed by atoms with Crippen molar-refractivity contribution in [3.8, 4) is 0 Å². The number of hydrogen-bond acceptors (Lipinski definition) is 3. The molecular weight excluding hydrogens is 142 g/mol. The Labute approximate surface area is 66.7 Å². The van der Waals surface area contributed by atoms with Gasteiger partial charge in [0.2, 0.25) is 0 Å². The van der Waals surface area contributed by atoms with Crippen LogP contribution in [0.25, 0.3) is 0 Å². The summed E-state index contributed by atoms with van der Waals surface area (Å²) in [6, 6.07) is 0.310. The van der Waals surface area contributed by atoms with Crippen molar-refractivity contribution >= 4 is 0 Å². The normalized spacial score (nSPS) is 43.9. The Hall–Kier alpha value is -0.120. The Morgan fingerprint density at radius 2 is 2.36 bits per heavy atom. The van der Waals surface area contributed by atoms with E-state index < -0.39 is 0 Å². The molecule has 2 fully saturated rings. The fourth-order valence-corrected chi connectivity index (χ4v) is 1.84. The summed E-state index contributed by atoms with van der Waals surface area (Å²) in [5.41, 5.74) is 0.158. The smallest absolute Gasteiger partial charge is 0.0828 e. The molecule has 11 heavy (non-hydrogen) atoms. The fourth-order valence-electron chi connectivity index (χ4n) is 1.84. The van der Waals surface area contributed by atoms with Gasteiger partial charge in [0.1, 0.15) is 0 Å². The third-order valence-electron chi connectivity index (χ3n) is 2.85. The van der Waals surface area contributed by atoms with Gasteiger partial charge in [0.25, 0.3) is 0 Å². The summed E-state index contributed by atoms with van der Waals surface area (Å²) in [6.07, 6.45) is 3.36. The van der Waals surface area contributed by atoms with Gasteiger partial charge in [0.15, 0.2) is 0 Å². The highest BCUT2D eigenvalue weighted by Crippen LogP contribution is 2.33. The zero-order valence-electron chi connectivity index (χ0n) is 6.68. The minimum atomic E-state index is 0.158.